The number of thiazole rings is 1. The maximum Gasteiger partial charge on any atom is 0.325 e. The molecular formula is C21H26N4O3S. The van der Waals surface area contributed by atoms with Gasteiger partial charge in [-0.25, -0.2) is 4.79 Å². The Labute approximate surface area is 173 Å². The highest BCUT2D eigenvalue weighted by Crippen LogP contribution is 2.46. The van der Waals surface area contributed by atoms with Crippen molar-refractivity contribution in [1.29, 1.82) is 0 Å². The third-order valence-corrected chi connectivity index (χ3v) is 6.97. The maximum atomic E-state index is 13.2. The van der Waals surface area contributed by atoms with Crippen LogP contribution < -0.4 is 10.1 Å². The number of carbonyl (C=O) groups is 3. The topological polar surface area (TPSA) is 83.8 Å². The number of rotatable bonds is 2. The minimum Gasteiger partial charge on any atom is -0.323 e. The molecule has 2 heterocycles. The van der Waals surface area contributed by atoms with Crippen molar-refractivity contribution in [2.45, 2.75) is 45.6 Å². The second-order valence-corrected chi connectivity index (χ2v) is 10.2. The summed E-state index contributed by atoms with van der Waals surface area (Å²) in [6, 6.07) is 7.30. The summed E-state index contributed by atoms with van der Waals surface area (Å²) in [4.78, 5) is 44.1. The fraction of sp³-hybridized carbons (Fsp3) is 0.524. The first kappa shape index (κ1) is 19.8. The molecule has 0 bridgehead atoms. The van der Waals surface area contributed by atoms with E-state index in [1.165, 1.54) is 11.3 Å². The van der Waals surface area contributed by atoms with Gasteiger partial charge in [0, 0.05) is 7.05 Å². The second-order valence-electron chi connectivity index (χ2n) is 9.17. The number of aromatic nitrogens is 1. The van der Waals surface area contributed by atoms with Crippen molar-refractivity contribution in [3.63, 3.8) is 0 Å². The summed E-state index contributed by atoms with van der Waals surface area (Å²) in [7, 11) is 1.85. The van der Waals surface area contributed by atoms with Gasteiger partial charge in [0.15, 0.2) is 4.80 Å². The molecule has 8 heteroatoms. The molecule has 2 aliphatic rings. The summed E-state index contributed by atoms with van der Waals surface area (Å²) in [6.45, 7) is 6.01. The van der Waals surface area contributed by atoms with Crippen LogP contribution in [0.25, 0.3) is 10.2 Å². The lowest BCUT2D eigenvalue weighted by molar-refractivity contribution is -0.137. The molecule has 1 saturated carbocycles. The van der Waals surface area contributed by atoms with Gasteiger partial charge < -0.3 is 9.88 Å². The van der Waals surface area contributed by atoms with E-state index in [1.54, 1.807) is 0 Å². The average Bonchev–Trinajstić information content (AvgIpc) is 3.03. The van der Waals surface area contributed by atoms with Gasteiger partial charge in [0.1, 0.15) is 12.1 Å². The molecule has 2 fully saturated rings. The van der Waals surface area contributed by atoms with Gasteiger partial charge in [-0.1, -0.05) is 44.2 Å². The van der Waals surface area contributed by atoms with Crippen LogP contribution in [0.5, 0.6) is 0 Å². The lowest BCUT2D eigenvalue weighted by Crippen LogP contribution is -2.54. The number of benzene rings is 1. The van der Waals surface area contributed by atoms with Crippen LogP contribution in [0.4, 0.5) is 4.79 Å². The Morgan fingerprint density at radius 3 is 2.69 bits per heavy atom. The lowest BCUT2D eigenvalue weighted by atomic mass is 9.64. The van der Waals surface area contributed by atoms with Crippen molar-refractivity contribution in [2.75, 3.05) is 6.54 Å². The lowest BCUT2D eigenvalue weighted by Gasteiger charge is -2.43. The summed E-state index contributed by atoms with van der Waals surface area (Å²) >= 11 is 1.40. The van der Waals surface area contributed by atoms with Crippen molar-refractivity contribution in [3.8, 4) is 0 Å². The van der Waals surface area contributed by atoms with Crippen LogP contribution >= 0.6 is 11.3 Å². The van der Waals surface area contributed by atoms with E-state index in [1.807, 2.05) is 35.9 Å². The van der Waals surface area contributed by atoms with E-state index in [9.17, 15) is 14.4 Å². The van der Waals surface area contributed by atoms with Crippen molar-refractivity contribution in [1.82, 2.24) is 14.8 Å². The minimum absolute atomic E-state index is 0.0458. The Kier molecular flexibility index (Phi) is 4.64. The number of hydrogen-bond donors (Lipinski definition) is 1. The largest absolute Gasteiger partial charge is 0.325 e. The number of hydrogen-bond acceptors (Lipinski definition) is 4. The van der Waals surface area contributed by atoms with Crippen molar-refractivity contribution in [3.05, 3.63) is 29.1 Å². The van der Waals surface area contributed by atoms with Gasteiger partial charge in [-0.2, -0.15) is 4.99 Å². The number of carbonyl (C=O) groups excluding carboxylic acids is 3. The summed E-state index contributed by atoms with van der Waals surface area (Å²) in [5.41, 5.74) is 0.0350. The molecule has 0 unspecified atom stereocenters. The quantitative estimate of drug-likeness (QED) is 0.767. The van der Waals surface area contributed by atoms with E-state index in [4.69, 9.17) is 0 Å². The number of nitrogens with zero attached hydrogens (tertiary/aromatic N) is 3. The number of aryl methyl sites for hydroxylation is 1. The predicted octanol–water partition coefficient (Wildman–Crippen LogP) is 2.80. The molecule has 1 saturated heterocycles. The predicted molar refractivity (Wildman–Crippen MR) is 111 cm³/mol. The highest BCUT2D eigenvalue weighted by molar-refractivity contribution is 7.16. The monoisotopic (exact) mass is 414 g/mol. The highest BCUT2D eigenvalue weighted by Gasteiger charge is 2.56. The standard InChI is InChI=1S/C21H26N4O3S/c1-13-9-20(2,3)12-21(10-13)17(27)25(18(28)23-21)11-16(26)22-19-24(4)14-7-5-6-8-15(14)29-19/h5-8,13H,9-12H2,1-4H3,(H,23,28)/t13-,21-/m0/s1. The Hall–Kier alpha value is -2.48. The van der Waals surface area contributed by atoms with E-state index in [0.717, 1.165) is 21.5 Å². The molecule has 0 radical (unpaired) electrons. The van der Waals surface area contributed by atoms with Gasteiger partial charge in [0.2, 0.25) is 0 Å². The van der Waals surface area contributed by atoms with Crippen molar-refractivity contribution < 1.29 is 14.4 Å². The molecule has 1 spiro atoms. The van der Waals surface area contributed by atoms with Gasteiger partial charge >= 0.3 is 6.03 Å². The average molecular weight is 415 g/mol. The van der Waals surface area contributed by atoms with Crippen LogP contribution in [0.15, 0.2) is 29.3 Å². The molecule has 1 aliphatic carbocycles. The van der Waals surface area contributed by atoms with E-state index in [0.29, 0.717) is 23.6 Å². The Morgan fingerprint density at radius 2 is 2.00 bits per heavy atom. The third-order valence-electron chi connectivity index (χ3n) is 5.85. The summed E-state index contributed by atoms with van der Waals surface area (Å²) in [5, 5.41) is 2.90. The number of amides is 4. The zero-order valence-electron chi connectivity index (χ0n) is 17.2. The first-order valence-electron chi connectivity index (χ1n) is 9.86. The first-order valence-corrected chi connectivity index (χ1v) is 10.7. The summed E-state index contributed by atoms with van der Waals surface area (Å²) in [6.07, 6.45) is 2.20. The van der Waals surface area contributed by atoms with Crippen LogP contribution in [0.3, 0.4) is 0 Å². The van der Waals surface area contributed by atoms with Gasteiger partial charge in [-0.15, -0.1) is 0 Å². The molecular weight excluding hydrogens is 388 g/mol. The Morgan fingerprint density at radius 1 is 1.28 bits per heavy atom. The number of urea groups is 1. The molecule has 1 N–H and O–H groups in total. The molecule has 1 aromatic carbocycles. The van der Waals surface area contributed by atoms with Crippen molar-refractivity contribution in [2.24, 2.45) is 23.4 Å². The Balaban J connectivity index is 1.58. The molecule has 4 amide bonds. The fourth-order valence-electron chi connectivity index (χ4n) is 5.12. The maximum absolute atomic E-state index is 13.2. The van der Waals surface area contributed by atoms with E-state index < -0.39 is 17.5 Å². The molecule has 2 aromatic rings. The zero-order chi connectivity index (χ0) is 21.0. The molecule has 29 heavy (non-hydrogen) atoms. The number of imide groups is 1. The Bertz CT molecular complexity index is 1080. The van der Waals surface area contributed by atoms with E-state index in [2.05, 4.69) is 31.1 Å². The highest BCUT2D eigenvalue weighted by atomic mass is 32.1. The van der Waals surface area contributed by atoms with Crippen LogP contribution in [-0.2, 0) is 16.6 Å². The smallest absolute Gasteiger partial charge is 0.323 e. The molecule has 2 atom stereocenters. The normalized spacial score (nSPS) is 27.1. The second kappa shape index (κ2) is 6.79. The van der Waals surface area contributed by atoms with E-state index in [-0.39, 0.29) is 17.9 Å². The zero-order valence-corrected chi connectivity index (χ0v) is 18.0. The molecule has 7 nitrogen and oxygen atoms in total. The van der Waals surface area contributed by atoms with Crippen LogP contribution in [0.2, 0.25) is 0 Å². The number of nitrogens with one attached hydrogen (secondary N) is 1. The van der Waals surface area contributed by atoms with Gasteiger partial charge in [-0.05, 0) is 42.7 Å². The van der Waals surface area contributed by atoms with Gasteiger partial charge in [-0.3, -0.25) is 14.5 Å². The number of fused-ring (bicyclic) bond motifs is 1. The fourth-order valence-corrected chi connectivity index (χ4v) is 6.15. The molecule has 154 valence electrons. The summed E-state index contributed by atoms with van der Waals surface area (Å²) < 4.78 is 2.87. The molecule has 1 aliphatic heterocycles. The van der Waals surface area contributed by atoms with Gasteiger partial charge in [0.25, 0.3) is 11.8 Å². The number of para-hydroxylation sites is 1. The third kappa shape index (κ3) is 3.50. The van der Waals surface area contributed by atoms with Gasteiger partial charge in [0.05, 0.1) is 10.2 Å². The van der Waals surface area contributed by atoms with Crippen molar-refractivity contribution >= 4 is 39.4 Å². The minimum atomic E-state index is -0.902. The van der Waals surface area contributed by atoms with Crippen LogP contribution in [-0.4, -0.2) is 39.4 Å². The summed E-state index contributed by atoms with van der Waals surface area (Å²) in [5.74, 6) is -0.483. The van der Waals surface area contributed by atoms with Crippen LogP contribution in [0.1, 0.15) is 40.0 Å². The molecule has 1 aromatic heterocycles. The van der Waals surface area contributed by atoms with Crippen LogP contribution in [0, 0.1) is 11.3 Å². The van der Waals surface area contributed by atoms with E-state index >= 15 is 0 Å². The molecule has 4 rings (SSSR count). The first-order chi connectivity index (χ1) is 13.6. The SMILES string of the molecule is C[C@H]1CC(C)(C)C[C@]2(C1)NC(=O)N(CC(=O)N=c1sc3ccccc3n1C)C2=O.